The van der Waals surface area contributed by atoms with E-state index in [4.69, 9.17) is 23.7 Å². The molecule has 1 aliphatic rings. The zero-order valence-electron chi connectivity index (χ0n) is 28.0. The van der Waals surface area contributed by atoms with E-state index in [2.05, 4.69) is 11.9 Å². The highest BCUT2D eigenvalue weighted by Gasteiger charge is 2.42. The number of phenols is 1. The van der Waals surface area contributed by atoms with Crippen molar-refractivity contribution >= 4 is 29.5 Å². The number of ether oxygens (including phenoxy) is 5. The van der Waals surface area contributed by atoms with Crippen molar-refractivity contribution < 1.29 is 52.8 Å². The second-order valence-electron chi connectivity index (χ2n) is 11.9. The topological polar surface area (TPSA) is 167 Å². The molecule has 1 fully saturated rings. The number of hydrogen-bond acceptors (Lipinski definition) is 11. The number of aryl methyl sites for hydroxylation is 1. The standard InChI is InChI=1S/C35H44N2O11/c1-7-31(40)47-21-35(2,3)32(41)33(42)37-15-9-8-10-26(37)34(43)48-27(13-11-22-12-14-28(44-5)29(16-22)45-6)23-17-24(38)19-25(18-23)46-20-30(39)36-4/h7,12,14,16-19,26-27,38H,1,8-11,13,15,20-21H2,2-6H3,(H,36,39)/t26-,27+/m0/s1. The summed E-state index contributed by atoms with van der Waals surface area (Å²) in [7, 11) is 4.52. The Morgan fingerprint density at radius 3 is 2.46 bits per heavy atom. The van der Waals surface area contributed by atoms with E-state index in [1.54, 1.807) is 18.2 Å². The number of benzene rings is 2. The van der Waals surface area contributed by atoms with Crippen LogP contribution in [-0.2, 0) is 39.9 Å². The number of aromatic hydroxyl groups is 1. The predicted octanol–water partition coefficient (Wildman–Crippen LogP) is 3.46. The molecule has 2 aromatic carbocycles. The van der Waals surface area contributed by atoms with Crippen molar-refractivity contribution in [2.24, 2.45) is 5.41 Å². The molecule has 2 aromatic rings. The lowest BCUT2D eigenvalue weighted by Gasteiger charge is -2.36. The van der Waals surface area contributed by atoms with Gasteiger partial charge in [0, 0.05) is 25.7 Å². The SMILES string of the molecule is C=CC(=O)OCC(C)(C)C(=O)C(=O)N1CCCC[C@H]1C(=O)O[C@H](CCc1ccc(OC)c(OC)c1)c1cc(O)cc(OCC(=O)NC)c1. The molecular weight excluding hydrogens is 624 g/mol. The van der Waals surface area contributed by atoms with Gasteiger partial charge in [0.1, 0.15) is 30.3 Å². The molecule has 2 amide bonds. The zero-order chi connectivity index (χ0) is 35.4. The van der Waals surface area contributed by atoms with Crippen molar-refractivity contribution in [2.75, 3.05) is 41.0 Å². The Balaban J connectivity index is 1.89. The van der Waals surface area contributed by atoms with E-state index in [1.165, 1.54) is 52.1 Å². The molecule has 2 N–H and O–H groups in total. The van der Waals surface area contributed by atoms with E-state index >= 15 is 0 Å². The van der Waals surface area contributed by atoms with Crippen molar-refractivity contribution in [2.45, 2.75) is 58.1 Å². The summed E-state index contributed by atoms with van der Waals surface area (Å²) < 4.78 is 27.4. The summed E-state index contributed by atoms with van der Waals surface area (Å²) in [6, 6.07) is 8.69. The van der Waals surface area contributed by atoms with Gasteiger partial charge in [0.25, 0.3) is 11.8 Å². The monoisotopic (exact) mass is 668 g/mol. The molecule has 0 saturated carbocycles. The highest BCUT2D eigenvalue weighted by atomic mass is 16.5. The van der Waals surface area contributed by atoms with Crippen molar-refractivity contribution in [1.29, 1.82) is 0 Å². The fourth-order valence-corrected chi connectivity index (χ4v) is 5.16. The van der Waals surface area contributed by atoms with Gasteiger partial charge in [-0.1, -0.05) is 12.6 Å². The first-order valence-electron chi connectivity index (χ1n) is 15.6. The van der Waals surface area contributed by atoms with Gasteiger partial charge >= 0.3 is 11.9 Å². The van der Waals surface area contributed by atoms with Crippen LogP contribution in [0.3, 0.4) is 0 Å². The maximum absolute atomic E-state index is 13.9. The Kier molecular flexibility index (Phi) is 13.4. The van der Waals surface area contributed by atoms with Crippen LogP contribution in [0, 0.1) is 5.41 Å². The molecule has 48 heavy (non-hydrogen) atoms. The minimum absolute atomic E-state index is 0.160. The van der Waals surface area contributed by atoms with Crippen LogP contribution in [0.25, 0.3) is 0 Å². The molecule has 1 heterocycles. The van der Waals surface area contributed by atoms with Crippen LogP contribution in [0.5, 0.6) is 23.0 Å². The number of piperidine rings is 1. The number of methoxy groups -OCH3 is 2. The van der Waals surface area contributed by atoms with Gasteiger partial charge in [-0.2, -0.15) is 0 Å². The lowest BCUT2D eigenvalue weighted by atomic mass is 9.87. The average molecular weight is 669 g/mol. The molecule has 0 aromatic heterocycles. The first-order valence-corrected chi connectivity index (χ1v) is 15.6. The van der Waals surface area contributed by atoms with Crippen LogP contribution < -0.4 is 19.5 Å². The van der Waals surface area contributed by atoms with Crippen molar-refractivity contribution in [1.82, 2.24) is 10.2 Å². The molecule has 0 unspecified atom stereocenters. The minimum Gasteiger partial charge on any atom is -0.508 e. The fraction of sp³-hybridized carbons (Fsp3) is 0.457. The third kappa shape index (κ3) is 9.96. The Morgan fingerprint density at radius 1 is 1.06 bits per heavy atom. The smallest absolute Gasteiger partial charge is 0.330 e. The highest BCUT2D eigenvalue weighted by molar-refractivity contribution is 6.38. The summed E-state index contributed by atoms with van der Waals surface area (Å²) in [5.41, 5.74) is -0.106. The maximum atomic E-state index is 13.9. The van der Waals surface area contributed by atoms with E-state index in [0.717, 1.165) is 11.6 Å². The summed E-state index contributed by atoms with van der Waals surface area (Å²) in [5, 5.41) is 13.0. The Labute approximate surface area is 280 Å². The number of nitrogens with zero attached hydrogens (tertiary/aromatic N) is 1. The van der Waals surface area contributed by atoms with Gasteiger partial charge in [0.15, 0.2) is 18.1 Å². The largest absolute Gasteiger partial charge is 0.508 e. The summed E-state index contributed by atoms with van der Waals surface area (Å²) in [4.78, 5) is 65.2. The number of carbonyl (C=O) groups excluding carboxylic acids is 5. The molecule has 13 nitrogen and oxygen atoms in total. The van der Waals surface area contributed by atoms with Gasteiger partial charge in [-0.3, -0.25) is 14.4 Å². The number of likely N-dealkylation sites (tertiary alicyclic amines) is 1. The third-order valence-corrected chi connectivity index (χ3v) is 7.92. The minimum atomic E-state index is -1.35. The number of esters is 2. The molecule has 0 aliphatic carbocycles. The van der Waals surface area contributed by atoms with Gasteiger partial charge in [-0.15, -0.1) is 0 Å². The normalized spacial score (nSPS) is 15.0. The van der Waals surface area contributed by atoms with Gasteiger partial charge in [0.05, 0.1) is 19.6 Å². The lowest BCUT2D eigenvalue weighted by Crippen LogP contribution is -2.53. The number of amides is 2. The zero-order valence-corrected chi connectivity index (χ0v) is 28.0. The number of Topliss-reactive ketones (excluding diaryl/α,β-unsaturated/α-hetero) is 1. The molecule has 0 spiro atoms. The number of carbonyl (C=O) groups is 5. The molecule has 2 atom stereocenters. The van der Waals surface area contributed by atoms with Crippen LogP contribution in [-0.4, -0.2) is 86.6 Å². The number of ketones is 1. The average Bonchev–Trinajstić information content (AvgIpc) is 3.09. The number of likely N-dealkylation sites (N-methyl/N-ethyl adjacent to an activating group) is 1. The van der Waals surface area contributed by atoms with Gasteiger partial charge < -0.3 is 39.0 Å². The van der Waals surface area contributed by atoms with Crippen molar-refractivity contribution in [3.63, 3.8) is 0 Å². The lowest BCUT2D eigenvalue weighted by molar-refractivity contribution is -0.165. The predicted molar refractivity (Wildman–Crippen MR) is 174 cm³/mol. The summed E-state index contributed by atoms with van der Waals surface area (Å²) in [6.07, 6.45) is 2.17. The van der Waals surface area contributed by atoms with Crippen LogP contribution in [0.4, 0.5) is 0 Å². The second kappa shape index (κ2) is 17.2. The van der Waals surface area contributed by atoms with Gasteiger partial charge in [-0.25, -0.2) is 9.59 Å². The first-order chi connectivity index (χ1) is 22.8. The molecule has 260 valence electrons. The van der Waals surface area contributed by atoms with Gasteiger partial charge in [-0.05, 0) is 81.3 Å². The fourth-order valence-electron chi connectivity index (χ4n) is 5.16. The summed E-state index contributed by atoms with van der Waals surface area (Å²) >= 11 is 0. The second-order valence-corrected chi connectivity index (χ2v) is 11.9. The maximum Gasteiger partial charge on any atom is 0.330 e. The van der Waals surface area contributed by atoms with E-state index in [9.17, 15) is 29.1 Å². The van der Waals surface area contributed by atoms with E-state index in [0.29, 0.717) is 36.3 Å². The van der Waals surface area contributed by atoms with Crippen LogP contribution in [0.2, 0.25) is 0 Å². The molecule has 0 radical (unpaired) electrons. The Bertz CT molecular complexity index is 1500. The molecule has 3 rings (SSSR count). The summed E-state index contributed by atoms with van der Waals surface area (Å²) in [5.74, 6) is -2.43. The number of rotatable bonds is 16. The van der Waals surface area contributed by atoms with Gasteiger partial charge in [0.2, 0.25) is 5.78 Å². The molecule has 13 heteroatoms. The Morgan fingerprint density at radius 2 is 1.79 bits per heavy atom. The number of phenolic OH excluding ortho intramolecular Hbond substituents is 1. The van der Waals surface area contributed by atoms with E-state index < -0.39 is 41.2 Å². The van der Waals surface area contributed by atoms with Crippen LogP contribution in [0.15, 0.2) is 49.1 Å². The van der Waals surface area contributed by atoms with E-state index in [1.807, 2.05) is 6.07 Å². The van der Waals surface area contributed by atoms with Crippen molar-refractivity contribution in [3.8, 4) is 23.0 Å². The molecule has 1 aliphatic heterocycles. The Hall–Kier alpha value is -5.07. The quantitative estimate of drug-likeness (QED) is 0.153. The first kappa shape index (κ1) is 37.4. The number of nitrogens with one attached hydrogen (secondary N) is 1. The highest BCUT2D eigenvalue weighted by Crippen LogP contribution is 2.34. The van der Waals surface area contributed by atoms with Crippen molar-refractivity contribution in [3.05, 3.63) is 60.2 Å². The molecule has 1 saturated heterocycles. The number of hydrogen-bond donors (Lipinski definition) is 2. The van der Waals surface area contributed by atoms with E-state index in [-0.39, 0.29) is 50.0 Å². The third-order valence-electron chi connectivity index (χ3n) is 7.92. The summed E-state index contributed by atoms with van der Waals surface area (Å²) in [6.45, 7) is 5.81. The van der Waals surface area contributed by atoms with Crippen LogP contribution >= 0.6 is 0 Å². The van der Waals surface area contributed by atoms with Crippen LogP contribution in [0.1, 0.15) is 56.8 Å². The molecule has 0 bridgehead atoms. The molecular formula is C35H44N2O11.